The second-order valence-electron chi connectivity index (χ2n) is 12.0. The molecular weight excluding hydrogens is 500 g/mol. The van der Waals surface area contributed by atoms with Crippen molar-refractivity contribution in [2.24, 2.45) is 0 Å². The lowest BCUT2D eigenvalue weighted by atomic mass is 9.99. The summed E-state index contributed by atoms with van der Waals surface area (Å²) in [6.45, 7) is 16.1. The van der Waals surface area contributed by atoms with Gasteiger partial charge in [-0.1, -0.05) is 6.92 Å². The van der Waals surface area contributed by atoms with Crippen LogP contribution in [0.3, 0.4) is 0 Å². The molecule has 216 valence electrons. The molecule has 2 aliphatic rings. The first-order valence-electron chi connectivity index (χ1n) is 13.9. The normalized spacial score (nSPS) is 18.8. The summed E-state index contributed by atoms with van der Waals surface area (Å²) >= 11 is 0. The Labute approximate surface area is 232 Å². The van der Waals surface area contributed by atoms with Gasteiger partial charge in [-0.2, -0.15) is 0 Å². The molecule has 2 heterocycles. The number of hydrogen-bond donors (Lipinski definition) is 1. The quantitative estimate of drug-likeness (QED) is 0.557. The molecule has 1 aromatic rings. The molecule has 1 saturated heterocycles. The number of ether oxygens (including phenoxy) is 2. The number of benzene rings is 1. The predicted octanol–water partition coefficient (Wildman–Crippen LogP) is 3.97. The number of rotatable bonds is 7. The standard InChI is InChI=1S/C29H44N4O6/c1-9-24(34)30-14-16-32-22-17-20(12-13-23(22)38-29(7,8)26(32)36)25(35)33(19(2)3)21-11-10-15-31(18-21)27(37)39-28(4,5)6/h12-13,17,19,21H,9-11,14-16,18H2,1-8H3,(H,30,34)/t21-/m1/s1. The molecule has 4 amide bonds. The Balaban J connectivity index is 1.86. The number of likely N-dealkylation sites (tertiary alicyclic amines) is 1. The third-order valence-electron chi connectivity index (χ3n) is 6.83. The van der Waals surface area contributed by atoms with E-state index in [9.17, 15) is 19.2 Å². The molecule has 0 bridgehead atoms. The van der Waals surface area contributed by atoms with Crippen LogP contribution >= 0.6 is 0 Å². The lowest BCUT2D eigenvalue weighted by molar-refractivity contribution is -0.132. The SMILES string of the molecule is CCC(=O)NCCN1C(=O)C(C)(C)Oc2ccc(C(=O)N(C(C)C)[C@@H]3CCCN(C(=O)OC(C)(C)C)C3)cc21. The molecule has 39 heavy (non-hydrogen) atoms. The summed E-state index contributed by atoms with van der Waals surface area (Å²) in [5, 5.41) is 2.81. The highest BCUT2D eigenvalue weighted by molar-refractivity contribution is 6.04. The molecule has 0 unspecified atom stereocenters. The summed E-state index contributed by atoms with van der Waals surface area (Å²) in [5.74, 6) is -0.0193. The highest BCUT2D eigenvalue weighted by atomic mass is 16.6. The maximum absolute atomic E-state index is 13.9. The lowest BCUT2D eigenvalue weighted by Crippen LogP contribution is -2.55. The van der Waals surface area contributed by atoms with E-state index in [-0.39, 0.29) is 49.0 Å². The van der Waals surface area contributed by atoms with Gasteiger partial charge in [-0.05, 0) is 79.5 Å². The Kier molecular flexibility index (Phi) is 9.18. The van der Waals surface area contributed by atoms with Crippen LogP contribution in [0.2, 0.25) is 0 Å². The van der Waals surface area contributed by atoms with Crippen LogP contribution in [0.4, 0.5) is 10.5 Å². The van der Waals surface area contributed by atoms with Crippen molar-refractivity contribution in [3.8, 4) is 5.75 Å². The van der Waals surface area contributed by atoms with Crippen molar-refractivity contribution in [1.29, 1.82) is 0 Å². The van der Waals surface area contributed by atoms with Gasteiger partial charge in [0.15, 0.2) is 5.60 Å². The molecule has 0 aliphatic carbocycles. The van der Waals surface area contributed by atoms with E-state index in [0.29, 0.717) is 36.5 Å². The van der Waals surface area contributed by atoms with Crippen molar-refractivity contribution in [3.63, 3.8) is 0 Å². The first-order valence-corrected chi connectivity index (χ1v) is 13.9. The van der Waals surface area contributed by atoms with Crippen LogP contribution in [0.15, 0.2) is 18.2 Å². The number of amides is 4. The van der Waals surface area contributed by atoms with Crippen molar-refractivity contribution in [2.45, 2.75) is 97.9 Å². The molecular formula is C29H44N4O6. The molecule has 0 saturated carbocycles. The predicted molar refractivity (Wildman–Crippen MR) is 149 cm³/mol. The number of anilines is 1. The summed E-state index contributed by atoms with van der Waals surface area (Å²) in [7, 11) is 0. The Bertz CT molecular complexity index is 1090. The smallest absolute Gasteiger partial charge is 0.410 e. The first-order chi connectivity index (χ1) is 18.1. The highest BCUT2D eigenvalue weighted by Crippen LogP contribution is 2.38. The van der Waals surface area contributed by atoms with Crippen LogP contribution < -0.4 is 15.0 Å². The minimum atomic E-state index is -1.08. The van der Waals surface area contributed by atoms with Crippen molar-refractivity contribution in [1.82, 2.24) is 15.1 Å². The van der Waals surface area contributed by atoms with E-state index in [1.165, 1.54) is 0 Å². The largest absolute Gasteiger partial charge is 0.476 e. The maximum atomic E-state index is 13.9. The number of hydrogen-bond acceptors (Lipinski definition) is 6. The Morgan fingerprint density at radius 2 is 1.92 bits per heavy atom. The fourth-order valence-electron chi connectivity index (χ4n) is 5.00. The topological polar surface area (TPSA) is 108 Å². The minimum absolute atomic E-state index is 0.0976. The van der Waals surface area contributed by atoms with Gasteiger partial charge >= 0.3 is 6.09 Å². The number of carbonyl (C=O) groups is 4. The molecule has 1 aromatic carbocycles. The van der Waals surface area contributed by atoms with Gasteiger partial charge in [0.25, 0.3) is 11.8 Å². The van der Waals surface area contributed by atoms with Crippen LogP contribution in [0.25, 0.3) is 0 Å². The summed E-state index contributed by atoms with van der Waals surface area (Å²) in [6.07, 6.45) is 1.52. The first kappa shape index (κ1) is 30.2. The van der Waals surface area contributed by atoms with Crippen LogP contribution in [0, 0.1) is 0 Å². The van der Waals surface area contributed by atoms with Gasteiger partial charge in [-0.3, -0.25) is 14.4 Å². The summed E-state index contributed by atoms with van der Waals surface area (Å²) in [4.78, 5) is 56.8. The fraction of sp³-hybridized carbons (Fsp3) is 0.655. The Morgan fingerprint density at radius 1 is 1.23 bits per heavy atom. The fourth-order valence-corrected chi connectivity index (χ4v) is 5.00. The van der Waals surface area contributed by atoms with Crippen LogP contribution in [0.1, 0.15) is 85.0 Å². The average molecular weight is 545 g/mol. The van der Waals surface area contributed by atoms with E-state index in [2.05, 4.69) is 5.32 Å². The van der Waals surface area contributed by atoms with Gasteiger partial charge in [-0.15, -0.1) is 0 Å². The van der Waals surface area contributed by atoms with Crippen molar-refractivity contribution in [3.05, 3.63) is 23.8 Å². The zero-order valence-electron chi connectivity index (χ0n) is 24.6. The molecule has 1 N–H and O–H groups in total. The molecule has 0 radical (unpaired) electrons. The summed E-state index contributed by atoms with van der Waals surface area (Å²) < 4.78 is 11.6. The summed E-state index contributed by atoms with van der Waals surface area (Å²) in [5.41, 5.74) is -0.751. The average Bonchev–Trinajstić information content (AvgIpc) is 2.84. The second kappa shape index (κ2) is 11.8. The van der Waals surface area contributed by atoms with Gasteiger partial charge in [0.1, 0.15) is 11.4 Å². The zero-order chi connectivity index (χ0) is 29.1. The third kappa shape index (κ3) is 7.22. The van der Waals surface area contributed by atoms with E-state index in [1.807, 2.05) is 39.5 Å². The number of nitrogens with one attached hydrogen (secondary N) is 1. The molecule has 10 nitrogen and oxygen atoms in total. The minimum Gasteiger partial charge on any atom is -0.476 e. The van der Waals surface area contributed by atoms with Gasteiger partial charge in [0.2, 0.25) is 5.91 Å². The van der Waals surface area contributed by atoms with Gasteiger partial charge in [0.05, 0.1) is 11.7 Å². The van der Waals surface area contributed by atoms with Gasteiger partial charge < -0.3 is 29.5 Å². The van der Waals surface area contributed by atoms with Crippen molar-refractivity contribution in [2.75, 3.05) is 31.1 Å². The van der Waals surface area contributed by atoms with E-state index in [0.717, 1.165) is 12.8 Å². The van der Waals surface area contributed by atoms with Crippen LogP contribution in [-0.4, -0.2) is 83.1 Å². The van der Waals surface area contributed by atoms with E-state index in [1.54, 1.807) is 48.8 Å². The van der Waals surface area contributed by atoms with E-state index < -0.39 is 11.2 Å². The molecule has 1 atom stereocenters. The maximum Gasteiger partial charge on any atom is 0.410 e. The van der Waals surface area contributed by atoms with Crippen molar-refractivity contribution < 1.29 is 28.7 Å². The van der Waals surface area contributed by atoms with Gasteiger partial charge in [0, 0.05) is 44.2 Å². The van der Waals surface area contributed by atoms with Crippen molar-refractivity contribution >= 4 is 29.5 Å². The Morgan fingerprint density at radius 3 is 2.54 bits per heavy atom. The van der Waals surface area contributed by atoms with E-state index >= 15 is 0 Å². The monoisotopic (exact) mass is 544 g/mol. The van der Waals surface area contributed by atoms with Gasteiger partial charge in [-0.25, -0.2) is 4.79 Å². The number of carbonyl (C=O) groups excluding carboxylic acids is 4. The zero-order valence-corrected chi connectivity index (χ0v) is 24.6. The third-order valence-corrected chi connectivity index (χ3v) is 6.83. The highest BCUT2D eigenvalue weighted by Gasteiger charge is 2.41. The number of nitrogens with zero attached hydrogens (tertiary/aromatic N) is 3. The molecule has 2 aliphatic heterocycles. The summed E-state index contributed by atoms with van der Waals surface area (Å²) in [6, 6.07) is 4.84. The number of piperidine rings is 1. The molecule has 0 spiro atoms. The Hall–Kier alpha value is -3.30. The molecule has 10 heteroatoms. The van der Waals surface area contributed by atoms with E-state index in [4.69, 9.17) is 9.47 Å². The molecule has 1 fully saturated rings. The van der Waals surface area contributed by atoms with Crippen LogP contribution in [0.5, 0.6) is 5.75 Å². The second-order valence-corrected chi connectivity index (χ2v) is 12.0. The lowest BCUT2D eigenvalue weighted by Gasteiger charge is -2.42. The molecule has 0 aromatic heterocycles. The van der Waals surface area contributed by atoms with Crippen LogP contribution in [-0.2, 0) is 14.3 Å². The number of fused-ring (bicyclic) bond motifs is 1. The molecule has 3 rings (SSSR count).